The van der Waals surface area contributed by atoms with Crippen LogP contribution in [0.15, 0.2) is 32.5 Å². The Morgan fingerprint density at radius 1 is 1.33 bits per heavy atom. The van der Waals surface area contributed by atoms with Crippen molar-refractivity contribution in [3.8, 4) is 0 Å². The lowest BCUT2D eigenvalue weighted by Gasteiger charge is -2.05. The van der Waals surface area contributed by atoms with Crippen molar-refractivity contribution in [3.63, 3.8) is 0 Å². The van der Waals surface area contributed by atoms with Gasteiger partial charge in [0.05, 0.1) is 10.2 Å². The third-order valence-electron chi connectivity index (χ3n) is 3.94. The highest BCUT2D eigenvalue weighted by atomic mass is 79.9. The van der Waals surface area contributed by atoms with E-state index in [0.29, 0.717) is 41.5 Å². The van der Waals surface area contributed by atoms with E-state index in [9.17, 15) is 18.0 Å². The number of hydrogen-bond acceptors (Lipinski definition) is 7. The Morgan fingerprint density at radius 2 is 2.11 bits per heavy atom. The number of unbranched alkanes of at least 4 members (excludes halogenated alkanes) is 2. The van der Waals surface area contributed by atoms with Gasteiger partial charge in [-0.1, -0.05) is 22.8 Å². The molecule has 0 amide bonds. The molecular weight excluding hydrogens is 443 g/mol. The predicted molar refractivity (Wildman–Crippen MR) is 101 cm³/mol. The Hall–Kier alpha value is -1.85. The van der Waals surface area contributed by atoms with Crippen LogP contribution in [0.2, 0.25) is 0 Å². The summed E-state index contributed by atoms with van der Waals surface area (Å²) in [6, 6.07) is 4.49. The molecule has 8 nitrogen and oxygen atoms in total. The molecule has 2 aromatic rings. The predicted octanol–water partition coefficient (Wildman–Crippen LogP) is 2.65. The van der Waals surface area contributed by atoms with Gasteiger partial charge in [-0.2, -0.15) is 0 Å². The Kier molecular flexibility index (Phi) is 7.87. The van der Waals surface area contributed by atoms with E-state index in [4.69, 9.17) is 4.63 Å². The average molecular weight is 463 g/mol. The van der Waals surface area contributed by atoms with Crippen LogP contribution in [0.4, 0.5) is 4.39 Å². The summed E-state index contributed by atoms with van der Waals surface area (Å²) in [5, 5.41) is 20.3. The molecule has 0 saturated heterocycles. The van der Waals surface area contributed by atoms with Crippen LogP contribution in [0, 0.1) is 5.82 Å². The summed E-state index contributed by atoms with van der Waals surface area (Å²) >= 11 is 3.12. The van der Waals surface area contributed by atoms with Crippen molar-refractivity contribution in [1.29, 1.82) is 0 Å². The first-order valence-corrected chi connectivity index (χ1v) is 10.7. The summed E-state index contributed by atoms with van der Waals surface area (Å²) in [4.78, 5) is 0. The van der Waals surface area contributed by atoms with E-state index in [1.54, 1.807) is 12.1 Å². The lowest BCUT2D eigenvalue weighted by atomic mass is 10.0. The molecule has 0 bridgehead atoms. The van der Waals surface area contributed by atoms with Crippen LogP contribution in [0.5, 0.6) is 0 Å². The van der Waals surface area contributed by atoms with Crippen LogP contribution in [0.25, 0.3) is 0 Å². The topological polar surface area (TPSA) is 118 Å². The zero-order valence-corrected chi connectivity index (χ0v) is 17.1. The lowest BCUT2D eigenvalue weighted by Crippen LogP contribution is -2.21. The summed E-state index contributed by atoms with van der Waals surface area (Å²) in [6.07, 6.45) is 2.61. The number of sulfonamides is 1. The smallest absolute Gasteiger partial charge is 0.211 e. The molecule has 0 atom stereocenters. The van der Waals surface area contributed by atoms with Crippen molar-refractivity contribution < 1.29 is 22.6 Å². The van der Waals surface area contributed by atoms with E-state index in [1.807, 2.05) is 0 Å². The Labute approximate surface area is 165 Å². The fraction of sp³-hybridized carbons (Fsp3) is 0.438. The second kappa shape index (κ2) is 9.90. The van der Waals surface area contributed by atoms with Gasteiger partial charge in [-0.05, 0) is 65.1 Å². The second-order valence-corrected chi connectivity index (χ2v) is 8.77. The maximum absolute atomic E-state index is 13.3. The van der Waals surface area contributed by atoms with Crippen LogP contribution in [-0.4, -0.2) is 42.5 Å². The van der Waals surface area contributed by atoms with Crippen molar-refractivity contribution in [2.24, 2.45) is 5.16 Å². The highest BCUT2D eigenvalue weighted by Gasteiger charge is 2.18. The van der Waals surface area contributed by atoms with Crippen LogP contribution in [-0.2, 0) is 22.9 Å². The molecule has 0 aliphatic heterocycles. The van der Waals surface area contributed by atoms with E-state index >= 15 is 0 Å². The third kappa shape index (κ3) is 6.36. The standard InChI is InChI=1S/C16H20BrFN4O4S/c1-19-27(24,25)8-4-2-3-5-14-16(22-26-21-14)15(20-23)10-11-6-7-13(18)12(17)9-11/h6-7,9,19,23H,2-5,8,10H2,1H3/b20-15+. The van der Waals surface area contributed by atoms with Gasteiger partial charge in [-0.25, -0.2) is 22.2 Å². The number of nitrogens with one attached hydrogen (secondary N) is 1. The van der Waals surface area contributed by atoms with Crippen LogP contribution in [0.1, 0.15) is 36.2 Å². The van der Waals surface area contributed by atoms with E-state index in [1.165, 1.54) is 13.1 Å². The molecule has 0 fully saturated rings. The van der Waals surface area contributed by atoms with Crippen molar-refractivity contribution in [1.82, 2.24) is 15.0 Å². The first kappa shape index (κ1) is 21.5. The van der Waals surface area contributed by atoms with Gasteiger partial charge < -0.3 is 5.21 Å². The molecule has 1 aromatic carbocycles. The number of hydrogen-bond donors (Lipinski definition) is 2. The Bertz CT molecular complexity index is 902. The number of benzene rings is 1. The molecule has 148 valence electrons. The normalized spacial score (nSPS) is 12.5. The van der Waals surface area contributed by atoms with Gasteiger partial charge in [0.1, 0.15) is 17.2 Å². The zero-order chi connectivity index (χ0) is 19.9. The minimum absolute atomic E-state index is 0.0657. The summed E-state index contributed by atoms with van der Waals surface area (Å²) in [7, 11) is -1.81. The average Bonchev–Trinajstić information content (AvgIpc) is 3.10. The van der Waals surface area contributed by atoms with Crippen LogP contribution in [0.3, 0.4) is 0 Å². The van der Waals surface area contributed by atoms with Crippen molar-refractivity contribution in [2.75, 3.05) is 12.8 Å². The lowest BCUT2D eigenvalue weighted by molar-refractivity contribution is 0.300. The molecule has 0 spiro atoms. The first-order valence-electron chi connectivity index (χ1n) is 8.24. The number of aryl methyl sites for hydroxylation is 1. The molecule has 11 heteroatoms. The Morgan fingerprint density at radius 3 is 2.78 bits per heavy atom. The van der Waals surface area contributed by atoms with Gasteiger partial charge in [0.15, 0.2) is 5.69 Å². The number of halogens is 2. The maximum atomic E-state index is 13.3. The molecule has 0 saturated carbocycles. The minimum atomic E-state index is -3.20. The van der Waals surface area contributed by atoms with Crippen LogP contribution >= 0.6 is 15.9 Å². The fourth-order valence-corrected chi connectivity index (χ4v) is 3.68. The van der Waals surface area contributed by atoms with Gasteiger partial charge in [0, 0.05) is 6.42 Å². The fourth-order valence-electron chi connectivity index (χ4n) is 2.46. The maximum Gasteiger partial charge on any atom is 0.211 e. The third-order valence-corrected chi connectivity index (χ3v) is 6.00. The number of oxime groups is 1. The molecule has 0 radical (unpaired) electrons. The molecular formula is C16H20BrFN4O4S. The van der Waals surface area contributed by atoms with Gasteiger partial charge in [-0.3, -0.25) is 0 Å². The molecule has 1 aromatic heterocycles. The quantitative estimate of drug-likeness (QED) is 0.242. The largest absolute Gasteiger partial charge is 0.411 e. The van der Waals surface area contributed by atoms with Crippen molar-refractivity contribution >= 4 is 31.7 Å². The van der Waals surface area contributed by atoms with Gasteiger partial charge in [0.2, 0.25) is 10.0 Å². The minimum Gasteiger partial charge on any atom is -0.411 e. The Balaban J connectivity index is 1.96. The zero-order valence-electron chi connectivity index (χ0n) is 14.7. The van der Waals surface area contributed by atoms with E-state index in [0.717, 1.165) is 5.56 Å². The van der Waals surface area contributed by atoms with E-state index in [-0.39, 0.29) is 23.7 Å². The monoisotopic (exact) mass is 462 g/mol. The van der Waals surface area contributed by atoms with E-state index < -0.39 is 10.0 Å². The molecule has 2 N–H and O–H groups in total. The SMILES string of the molecule is CNS(=O)(=O)CCCCCc1nonc1/C(Cc1ccc(F)c(Br)c1)=N/O. The molecule has 0 unspecified atom stereocenters. The van der Waals surface area contributed by atoms with Gasteiger partial charge in [-0.15, -0.1) is 0 Å². The summed E-state index contributed by atoms with van der Waals surface area (Å²) < 4.78 is 43.5. The second-order valence-electron chi connectivity index (χ2n) is 5.87. The molecule has 0 aliphatic rings. The number of aromatic nitrogens is 2. The summed E-state index contributed by atoms with van der Waals surface area (Å²) in [5.41, 5.74) is 1.84. The molecule has 0 aliphatic carbocycles. The van der Waals surface area contributed by atoms with E-state index in [2.05, 4.69) is 36.1 Å². The van der Waals surface area contributed by atoms with Gasteiger partial charge >= 0.3 is 0 Å². The molecule has 1 heterocycles. The number of rotatable bonds is 10. The van der Waals surface area contributed by atoms with Crippen molar-refractivity contribution in [2.45, 2.75) is 32.1 Å². The van der Waals surface area contributed by atoms with Gasteiger partial charge in [0.25, 0.3) is 0 Å². The number of nitrogens with zero attached hydrogens (tertiary/aromatic N) is 3. The highest BCUT2D eigenvalue weighted by molar-refractivity contribution is 9.10. The van der Waals surface area contributed by atoms with Crippen molar-refractivity contribution in [3.05, 3.63) is 45.4 Å². The molecule has 2 rings (SSSR count). The summed E-state index contributed by atoms with van der Waals surface area (Å²) in [6.45, 7) is 0. The first-order chi connectivity index (χ1) is 12.9. The molecule has 27 heavy (non-hydrogen) atoms. The highest BCUT2D eigenvalue weighted by Crippen LogP contribution is 2.19. The summed E-state index contributed by atoms with van der Waals surface area (Å²) in [5.74, 6) is -0.318. The van der Waals surface area contributed by atoms with Crippen LogP contribution < -0.4 is 4.72 Å².